The Balaban J connectivity index is 1.51. The van der Waals surface area contributed by atoms with Gasteiger partial charge in [0.05, 0.1) is 12.0 Å². The highest BCUT2D eigenvalue weighted by molar-refractivity contribution is 7.99. The van der Waals surface area contributed by atoms with Gasteiger partial charge in [0.25, 0.3) is 0 Å². The molecular weight excluding hydrogens is 304 g/mol. The van der Waals surface area contributed by atoms with Gasteiger partial charge in [0.15, 0.2) is 0 Å². The molecule has 3 nitrogen and oxygen atoms in total. The summed E-state index contributed by atoms with van der Waals surface area (Å²) in [6.45, 7) is 0. The number of carbonyl (C=O) groups excluding carboxylic acids is 1. The molecule has 4 rings (SSSR count). The van der Waals surface area contributed by atoms with Gasteiger partial charge in [-0.05, 0) is 49.4 Å². The summed E-state index contributed by atoms with van der Waals surface area (Å²) in [4.78, 5) is 13.9. The number of rotatable bonds is 2. The van der Waals surface area contributed by atoms with Gasteiger partial charge >= 0.3 is 0 Å². The molecule has 0 spiro atoms. The fourth-order valence-corrected chi connectivity index (χ4v) is 5.19. The highest BCUT2D eigenvalue weighted by atomic mass is 35.5. The van der Waals surface area contributed by atoms with Crippen molar-refractivity contribution in [2.24, 2.45) is 5.92 Å². The molecule has 4 atom stereocenters. The average Bonchev–Trinajstić information content (AvgIpc) is 3.10. The Morgan fingerprint density at radius 3 is 3.00 bits per heavy atom. The van der Waals surface area contributed by atoms with Crippen molar-refractivity contribution in [1.29, 1.82) is 0 Å². The van der Waals surface area contributed by atoms with E-state index in [1.165, 1.54) is 16.9 Å². The van der Waals surface area contributed by atoms with Crippen molar-refractivity contribution in [3.63, 3.8) is 0 Å². The SMILES string of the molecule is O=C(NC1CCSc2ccc(Cl)cc21)C1CC2CCC1N2. The summed E-state index contributed by atoms with van der Waals surface area (Å²) >= 11 is 7.98. The fraction of sp³-hybridized carbons (Fsp3) is 0.562. The van der Waals surface area contributed by atoms with E-state index in [-0.39, 0.29) is 17.9 Å². The van der Waals surface area contributed by atoms with Crippen LogP contribution in [0.3, 0.4) is 0 Å². The quantitative estimate of drug-likeness (QED) is 0.879. The number of thioether (sulfide) groups is 1. The second kappa shape index (κ2) is 5.49. The minimum Gasteiger partial charge on any atom is -0.349 e. The normalized spacial score (nSPS) is 33.8. The summed E-state index contributed by atoms with van der Waals surface area (Å²) in [5.41, 5.74) is 1.18. The van der Waals surface area contributed by atoms with Crippen LogP contribution >= 0.6 is 23.4 Å². The molecule has 1 aromatic rings. The molecule has 4 unspecified atom stereocenters. The predicted octanol–water partition coefficient (Wildman–Crippen LogP) is 3.13. The summed E-state index contributed by atoms with van der Waals surface area (Å²) in [6, 6.07) is 7.08. The van der Waals surface area contributed by atoms with Crippen LogP contribution in [-0.2, 0) is 4.79 Å². The van der Waals surface area contributed by atoms with E-state index in [0.717, 1.165) is 30.0 Å². The van der Waals surface area contributed by atoms with Crippen LogP contribution in [0, 0.1) is 5.92 Å². The maximum atomic E-state index is 12.6. The van der Waals surface area contributed by atoms with Crippen molar-refractivity contribution in [1.82, 2.24) is 10.6 Å². The zero-order chi connectivity index (χ0) is 14.4. The Kier molecular flexibility index (Phi) is 3.64. The number of carbonyl (C=O) groups is 1. The summed E-state index contributed by atoms with van der Waals surface area (Å²) in [5, 5.41) is 7.56. The Labute approximate surface area is 134 Å². The van der Waals surface area contributed by atoms with Gasteiger partial charge in [0, 0.05) is 27.8 Å². The fourth-order valence-electron chi connectivity index (χ4n) is 3.91. The number of amides is 1. The number of halogens is 1. The zero-order valence-electron chi connectivity index (χ0n) is 11.8. The second-order valence-corrected chi connectivity index (χ2v) is 7.84. The van der Waals surface area contributed by atoms with E-state index in [9.17, 15) is 4.79 Å². The van der Waals surface area contributed by atoms with E-state index in [2.05, 4.69) is 16.7 Å². The highest BCUT2D eigenvalue weighted by Gasteiger charge is 2.43. The van der Waals surface area contributed by atoms with E-state index in [1.807, 2.05) is 23.9 Å². The molecule has 21 heavy (non-hydrogen) atoms. The Morgan fingerprint density at radius 2 is 2.24 bits per heavy atom. The van der Waals surface area contributed by atoms with Crippen molar-refractivity contribution in [3.05, 3.63) is 28.8 Å². The second-order valence-electron chi connectivity index (χ2n) is 6.27. The average molecular weight is 323 g/mol. The van der Waals surface area contributed by atoms with Crippen LogP contribution in [0.5, 0.6) is 0 Å². The third-order valence-corrected chi connectivity index (χ3v) is 6.32. The smallest absolute Gasteiger partial charge is 0.225 e. The third kappa shape index (κ3) is 2.58. The molecule has 2 N–H and O–H groups in total. The molecule has 0 saturated carbocycles. The van der Waals surface area contributed by atoms with Crippen molar-refractivity contribution in [3.8, 4) is 0 Å². The van der Waals surface area contributed by atoms with Crippen molar-refractivity contribution < 1.29 is 4.79 Å². The lowest BCUT2D eigenvalue weighted by Crippen LogP contribution is -2.40. The van der Waals surface area contributed by atoms with E-state index in [0.29, 0.717) is 12.1 Å². The van der Waals surface area contributed by atoms with E-state index in [4.69, 9.17) is 11.6 Å². The van der Waals surface area contributed by atoms with Crippen LogP contribution in [-0.4, -0.2) is 23.7 Å². The van der Waals surface area contributed by atoms with Crippen LogP contribution in [0.25, 0.3) is 0 Å². The molecule has 2 fully saturated rings. The number of hydrogen-bond acceptors (Lipinski definition) is 3. The van der Waals surface area contributed by atoms with Gasteiger partial charge in [-0.3, -0.25) is 4.79 Å². The number of fused-ring (bicyclic) bond motifs is 3. The molecule has 3 heterocycles. The van der Waals surface area contributed by atoms with Gasteiger partial charge in [-0.15, -0.1) is 11.8 Å². The number of hydrogen-bond donors (Lipinski definition) is 2. The highest BCUT2D eigenvalue weighted by Crippen LogP contribution is 2.39. The Hall–Kier alpha value is -0.710. The lowest BCUT2D eigenvalue weighted by atomic mass is 9.88. The predicted molar refractivity (Wildman–Crippen MR) is 85.7 cm³/mol. The topological polar surface area (TPSA) is 41.1 Å². The van der Waals surface area contributed by atoms with E-state index in [1.54, 1.807) is 0 Å². The van der Waals surface area contributed by atoms with Crippen LogP contribution in [0.1, 0.15) is 37.3 Å². The molecule has 2 saturated heterocycles. The lowest BCUT2D eigenvalue weighted by molar-refractivity contribution is -0.126. The lowest BCUT2D eigenvalue weighted by Gasteiger charge is -2.28. The molecular formula is C16H19ClN2OS. The molecule has 112 valence electrons. The van der Waals surface area contributed by atoms with Crippen LogP contribution in [0.15, 0.2) is 23.1 Å². The summed E-state index contributed by atoms with van der Waals surface area (Å²) in [5.74, 6) is 1.42. The van der Waals surface area contributed by atoms with Gasteiger partial charge in [-0.2, -0.15) is 0 Å². The van der Waals surface area contributed by atoms with Crippen molar-refractivity contribution in [2.45, 2.75) is 48.7 Å². The largest absolute Gasteiger partial charge is 0.349 e. The first-order chi connectivity index (χ1) is 10.2. The first-order valence-electron chi connectivity index (χ1n) is 7.69. The summed E-state index contributed by atoms with van der Waals surface area (Å²) in [7, 11) is 0. The minimum absolute atomic E-state index is 0.117. The maximum absolute atomic E-state index is 12.6. The molecule has 0 aromatic heterocycles. The zero-order valence-corrected chi connectivity index (χ0v) is 13.3. The number of nitrogens with one attached hydrogen (secondary N) is 2. The molecule has 0 radical (unpaired) electrons. The van der Waals surface area contributed by atoms with Gasteiger partial charge < -0.3 is 10.6 Å². The monoisotopic (exact) mass is 322 g/mol. The van der Waals surface area contributed by atoms with Gasteiger partial charge in [-0.25, -0.2) is 0 Å². The molecule has 0 aliphatic carbocycles. The van der Waals surface area contributed by atoms with Crippen LogP contribution < -0.4 is 10.6 Å². The molecule has 2 bridgehead atoms. The summed E-state index contributed by atoms with van der Waals surface area (Å²) in [6.07, 6.45) is 4.36. The Bertz CT molecular complexity index is 579. The molecule has 3 aliphatic rings. The molecule has 1 aromatic carbocycles. The van der Waals surface area contributed by atoms with Crippen LogP contribution in [0.4, 0.5) is 0 Å². The third-order valence-electron chi connectivity index (χ3n) is 4.96. The minimum atomic E-state index is 0.117. The molecule has 3 aliphatic heterocycles. The van der Waals surface area contributed by atoms with E-state index < -0.39 is 0 Å². The van der Waals surface area contributed by atoms with Crippen LogP contribution in [0.2, 0.25) is 5.02 Å². The van der Waals surface area contributed by atoms with Crippen molar-refractivity contribution >= 4 is 29.3 Å². The Morgan fingerprint density at radius 1 is 1.33 bits per heavy atom. The maximum Gasteiger partial charge on any atom is 0.225 e. The van der Waals surface area contributed by atoms with Gasteiger partial charge in [-0.1, -0.05) is 11.6 Å². The van der Waals surface area contributed by atoms with Gasteiger partial charge in [0.1, 0.15) is 0 Å². The first-order valence-corrected chi connectivity index (χ1v) is 9.06. The standard InChI is InChI=1S/C16H19ClN2OS/c17-9-1-4-15-11(7-9)14(5-6-21-15)19-16(20)12-8-10-2-3-13(12)18-10/h1,4,7,10,12-14,18H,2-3,5-6,8H2,(H,19,20). The molecule has 1 amide bonds. The number of benzene rings is 1. The summed E-state index contributed by atoms with van der Waals surface area (Å²) < 4.78 is 0. The van der Waals surface area contributed by atoms with E-state index >= 15 is 0 Å². The van der Waals surface area contributed by atoms with Gasteiger partial charge in [0.2, 0.25) is 5.91 Å². The van der Waals surface area contributed by atoms with Crippen molar-refractivity contribution in [2.75, 3.05) is 5.75 Å². The molecule has 5 heteroatoms. The first kappa shape index (κ1) is 13.9.